The Morgan fingerprint density at radius 2 is 1.62 bits per heavy atom. The number of benzene rings is 2. The van der Waals surface area contributed by atoms with Crippen molar-refractivity contribution in [1.82, 2.24) is 9.78 Å². The van der Waals surface area contributed by atoms with E-state index in [1.54, 1.807) is 24.3 Å². The van der Waals surface area contributed by atoms with Gasteiger partial charge in [-0.25, -0.2) is 4.68 Å². The third-order valence-corrected chi connectivity index (χ3v) is 4.76. The van der Waals surface area contributed by atoms with Crippen molar-refractivity contribution in [3.63, 3.8) is 0 Å². The molecule has 0 aliphatic carbocycles. The molecule has 1 aromatic heterocycles. The zero-order valence-corrected chi connectivity index (χ0v) is 18.7. The Hall–Kier alpha value is -3.95. The molecule has 7 nitrogen and oxygen atoms in total. The molecule has 0 aliphatic rings. The molecule has 2 N–H and O–H groups in total. The van der Waals surface area contributed by atoms with Crippen LogP contribution in [0.2, 0.25) is 0 Å². The third-order valence-electron chi connectivity index (χ3n) is 4.76. The van der Waals surface area contributed by atoms with Crippen LogP contribution in [0.25, 0.3) is 5.69 Å². The van der Waals surface area contributed by atoms with E-state index in [2.05, 4.69) is 15.7 Å². The van der Waals surface area contributed by atoms with Crippen molar-refractivity contribution >= 4 is 23.2 Å². The van der Waals surface area contributed by atoms with Gasteiger partial charge in [0.05, 0.1) is 11.3 Å². The predicted molar refractivity (Wildman–Crippen MR) is 122 cm³/mol. The van der Waals surface area contributed by atoms with E-state index in [4.69, 9.17) is 0 Å². The molecule has 10 heteroatoms. The molecular formula is C24H23F3N4O3. The summed E-state index contributed by atoms with van der Waals surface area (Å²) in [5.74, 6) is -0.742. The van der Waals surface area contributed by atoms with Crippen LogP contribution in [0.3, 0.4) is 0 Å². The van der Waals surface area contributed by atoms with Crippen molar-refractivity contribution in [2.24, 2.45) is 5.92 Å². The fourth-order valence-corrected chi connectivity index (χ4v) is 3.19. The summed E-state index contributed by atoms with van der Waals surface area (Å²) in [5.41, 5.74) is -0.807. The van der Waals surface area contributed by atoms with Gasteiger partial charge in [0.25, 0.3) is 5.91 Å². The van der Waals surface area contributed by atoms with Gasteiger partial charge in [-0.3, -0.25) is 14.4 Å². The molecule has 0 saturated heterocycles. The van der Waals surface area contributed by atoms with Gasteiger partial charge in [0.1, 0.15) is 0 Å². The van der Waals surface area contributed by atoms with Gasteiger partial charge in [-0.05, 0) is 55.3 Å². The van der Waals surface area contributed by atoms with Gasteiger partial charge in [0.15, 0.2) is 5.69 Å². The lowest BCUT2D eigenvalue weighted by molar-refractivity contribution is -0.137. The van der Waals surface area contributed by atoms with Crippen molar-refractivity contribution in [2.45, 2.75) is 33.4 Å². The number of aryl methyl sites for hydroxylation is 1. The summed E-state index contributed by atoms with van der Waals surface area (Å²) in [6.07, 6.45) is -4.18. The SMILES string of the molecule is Cc1cc(=O)c(C(=O)Nc2ccc(NC(=O)CC(C)C)cc2)nn1-c1cccc(C(F)(F)F)c1. The number of amides is 2. The van der Waals surface area contributed by atoms with Crippen molar-refractivity contribution in [1.29, 1.82) is 0 Å². The number of hydrogen-bond acceptors (Lipinski definition) is 4. The quantitative estimate of drug-likeness (QED) is 0.539. The Kier molecular flexibility index (Phi) is 7.19. The van der Waals surface area contributed by atoms with E-state index in [1.165, 1.54) is 19.1 Å². The number of carbonyl (C=O) groups is 2. The molecule has 0 unspecified atom stereocenters. The number of anilines is 2. The maximum Gasteiger partial charge on any atom is 0.416 e. The second kappa shape index (κ2) is 9.90. The van der Waals surface area contributed by atoms with Gasteiger partial charge in [-0.15, -0.1) is 0 Å². The molecule has 0 bridgehead atoms. The van der Waals surface area contributed by atoms with Crippen LogP contribution in [0.1, 0.15) is 42.0 Å². The number of alkyl halides is 3. The van der Waals surface area contributed by atoms with Crippen LogP contribution in [-0.4, -0.2) is 21.6 Å². The Morgan fingerprint density at radius 1 is 1.00 bits per heavy atom. The first-order valence-electron chi connectivity index (χ1n) is 10.4. The minimum atomic E-state index is -4.55. The minimum Gasteiger partial charge on any atom is -0.326 e. The highest BCUT2D eigenvalue weighted by molar-refractivity contribution is 6.02. The van der Waals surface area contributed by atoms with Gasteiger partial charge in [0, 0.05) is 29.6 Å². The summed E-state index contributed by atoms with van der Waals surface area (Å²) in [6, 6.07) is 11.8. The molecule has 0 spiro atoms. The number of hydrogen-bond donors (Lipinski definition) is 2. The molecular weight excluding hydrogens is 449 g/mol. The highest BCUT2D eigenvalue weighted by Crippen LogP contribution is 2.30. The first kappa shape index (κ1) is 24.7. The van der Waals surface area contributed by atoms with Crippen molar-refractivity contribution in [3.05, 3.63) is 81.8 Å². The van der Waals surface area contributed by atoms with Gasteiger partial charge in [0.2, 0.25) is 11.3 Å². The van der Waals surface area contributed by atoms with E-state index in [-0.39, 0.29) is 23.2 Å². The van der Waals surface area contributed by atoms with E-state index in [0.717, 1.165) is 22.9 Å². The zero-order chi connectivity index (χ0) is 25.0. The summed E-state index contributed by atoms with van der Waals surface area (Å²) < 4.78 is 40.4. The van der Waals surface area contributed by atoms with E-state index >= 15 is 0 Å². The van der Waals surface area contributed by atoms with Crippen LogP contribution in [-0.2, 0) is 11.0 Å². The van der Waals surface area contributed by atoms with Crippen LogP contribution in [0.15, 0.2) is 59.4 Å². The summed E-state index contributed by atoms with van der Waals surface area (Å²) in [5, 5.41) is 9.30. The Balaban J connectivity index is 1.82. The Labute approximate surface area is 193 Å². The molecule has 0 atom stereocenters. The van der Waals surface area contributed by atoms with Crippen LogP contribution in [0.4, 0.5) is 24.5 Å². The molecule has 0 aliphatic heterocycles. The van der Waals surface area contributed by atoms with Gasteiger partial charge in [-0.2, -0.15) is 18.3 Å². The summed E-state index contributed by atoms with van der Waals surface area (Å²) >= 11 is 0. The number of rotatable bonds is 6. The number of carbonyl (C=O) groups excluding carboxylic acids is 2. The molecule has 0 radical (unpaired) electrons. The average molecular weight is 472 g/mol. The molecule has 0 saturated carbocycles. The smallest absolute Gasteiger partial charge is 0.326 e. The fraction of sp³-hybridized carbons (Fsp3) is 0.250. The van der Waals surface area contributed by atoms with Crippen LogP contribution in [0.5, 0.6) is 0 Å². The number of halogens is 3. The number of nitrogens with one attached hydrogen (secondary N) is 2. The maximum atomic E-state index is 13.1. The van der Waals surface area contributed by atoms with Crippen molar-refractivity contribution < 1.29 is 22.8 Å². The molecule has 34 heavy (non-hydrogen) atoms. The van der Waals surface area contributed by atoms with Crippen LogP contribution in [0, 0.1) is 12.8 Å². The summed E-state index contributed by atoms with van der Waals surface area (Å²) in [7, 11) is 0. The second-order valence-corrected chi connectivity index (χ2v) is 8.14. The highest BCUT2D eigenvalue weighted by atomic mass is 19.4. The van der Waals surface area contributed by atoms with Crippen molar-refractivity contribution in [3.8, 4) is 5.69 Å². The Bertz CT molecular complexity index is 1270. The van der Waals surface area contributed by atoms with E-state index in [9.17, 15) is 27.6 Å². The molecule has 178 valence electrons. The lowest BCUT2D eigenvalue weighted by Crippen LogP contribution is -2.27. The average Bonchev–Trinajstić information content (AvgIpc) is 2.74. The van der Waals surface area contributed by atoms with Gasteiger partial charge >= 0.3 is 6.18 Å². The van der Waals surface area contributed by atoms with Gasteiger partial charge in [-0.1, -0.05) is 19.9 Å². The first-order chi connectivity index (χ1) is 15.9. The van der Waals surface area contributed by atoms with Crippen molar-refractivity contribution in [2.75, 3.05) is 10.6 Å². The predicted octanol–water partition coefficient (Wildman–Crippen LogP) is 4.80. The molecule has 1 heterocycles. The lowest BCUT2D eigenvalue weighted by Gasteiger charge is -2.14. The molecule has 2 aromatic carbocycles. The summed E-state index contributed by atoms with van der Waals surface area (Å²) in [4.78, 5) is 37.0. The number of nitrogens with zero attached hydrogens (tertiary/aromatic N) is 2. The minimum absolute atomic E-state index is 0.0582. The largest absolute Gasteiger partial charge is 0.416 e. The lowest BCUT2D eigenvalue weighted by atomic mass is 10.1. The second-order valence-electron chi connectivity index (χ2n) is 8.14. The van der Waals surface area contributed by atoms with E-state index in [0.29, 0.717) is 17.8 Å². The molecule has 3 aromatic rings. The standard InChI is InChI=1S/C24H23F3N4O3/c1-14(2)11-21(33)28-17-7-9-18(10-8-17)29-23(34)22-20(32)12-15(3)31(30-22)19-6-4-5-16(13-19)24(25,26)27/h4-10,12-14H,11H2,1-3H3,(H,28,33)(H,29,34). The first-order valence-corrected chi connectivity index (χ1v) is 10.4. The Morgan fingerprint density at radius 3 is 2.21 bits per heavy atom. The normalized spacial score (nSPS) is 11.4. The topological polar surface area (TPSA) is 93.1 Å². The zero-order valence-electron chi connectivity index (χ0n) is 18.7. The van der Waals surface area contributed by atoms with Crippen LogP contribution < -0.4 is 16.1 Å². The monoisotopic (exact) mass is 472 g/mol. The third kappa shape index (κ3) is 6.09. The molecule has 0 fully saturated rings. The van der Waals surface area contributed by atoms with E-state index < -0.39 is 28.8 Å². The molecule has 2 amide bonds. The number of aromatic nitrogens is 2. The van der Waals surface area contributed by atoms with E-state index in [1.807, 2.05) is 13.8 Å². The fourth-order valence-electron chi connectivity index (χ4n) is 3.19. The maximum absolute atomic E-state index is 13.1. The summed E-state index contributed by atoms with van der Waals surface area (Å²) in [6.45, 7) is 5.36. The molecule has 3 rings (SSSR count). The van der Waals surface area contributed by atoms with Crippen LogP contribution >= 0.6 is 0 Å². The van der Waals surface area contributed by atoms with Gasteiger partial charge < -0.3 is 10.6 Å². The highest BCUT2D eigenvalue weighted by Gasteiger charge is 2.30.